The van der Waals surface area contributed by atoms with Crippen LogP contribution < -0.4 is 5.32 Å². The van der Waals surface area contributed by atoms with E-state index in [9.17, 15) is 28.0 Å². The Morgan fingerprint density at radius 3 is 2.39 bits per heavy atom. The third-order valence-electron chi connectivity index (χ3n) is 6.05. The van der Waals surface area contributed by atoms with E-state index in [4.69, 9.17) is 16.3 Å². The molecule has 38 heavy (non-hydrogen) atoms. The van der Waals surface area contributed by atoms with Crippen molar-refractivity contribution in [2.45, 2.75) is 50.9 Å². The molecular formula is C27H26ClF3N4O3. The molecule has 2 aromatic carbocycles. The Bertz CT molecular complexity index is 1360. The monoisotopic (exact) mass is 546 g/mol. The molecule has 0 unspecified atom stereocenters. The topological polar surface area (TPSA) is 97.0 Å². The Morgan fingerprint density at radius 1 is 1.16 bits per heavy atom. The second-order valence-electron chi connectivity index (χ2n) is 9.37. The molecule has 0 aliphatic carbocycles. The first-order valence-electron chi connectivity index (χ1n) is 11.6. The summed E-state index contributed by atoms with van der Waals surface area (Å²) in [6, 6.07) is 16.5. The van der Waals surface area contributed by atoms with E-state index in [1.165, 1.54) is 13.8 Å². The van der Waals surface area contributed by atoms with Crippen LogP contribution in [0.5, 0.6) is 0 Å². The smallest absolute Gasteiger partial charge is 0.433 e. The molecule has 0 saturated carbocycles. The molecule has 3 rings (SSSR count). The van der Waals surface area contributed by atoms with Crippen LogP contribution in [0.4, 0.5) is 13.2 Å². The van der Waals surface area contributed by atoms with Crippen molar-refractivity contribution < 1.29 is 27.5 Å². The highest BCUT2D eigenvalue weighted by Gasteiger charge is 2.38. The van der Waals surface area contributed by atoms with Gasteiger partial charge in [0.2, 0.25) is 0 Å². The highest BCUT2D eigenvalue weighted by atomic mass is 35.5. The van der Waals surface area contributed by atoms with Gasteiger partial charge < -0.3 is 10.1 Å². The lowest BCUT2D eigenvalue weighted by atomic mass is 9.85. The average Bonchev–Trinajstić information content (AvgIpc) is 3.25. The number of amides is 1. The van der Waals surface area contributed by atoms with Crippen LogP contribution in [-0.4, -0.2) is 33.3 Å². The number of nitriles is 1. The summed E-state index contributed by atoms with van der Waals surface area (Å²) in [6.07, 6.45) is -4.20. The van der Waals surface area contributed by atoms with Crippen LogP contribution in [0.1, 0.15) is 59.6 Å². The van der Waals surface area contributed by atoms with Gasteiger partial charge in [-0.2, -0.15) is 23.5 Å². The molecular weight excluding hydrogens is 521 g/mol. The van der Waals surface area contributed by atoms with Gasteiger partial charge in [0, 0.05) is 30.1 Å². The summed E-state index contributed by atoms with van der Waals surface area (Å²) in [6.45, 7) is 4.46. The summed E-state index contributed by atoms with van der Waals surface area (Å²) in [7, 11) is 1.06. The van der Waals surface area contributed by atoms with Gasteiger partial charge >= 0.3 is 12.1 Å². The molecule has 0 fully saturated rings. The fraction of sp³-hybridized carbons (Fsp3) is 0.333. The summed E-state index contributed by atoms with van der Waals surface area (Å²) in [5.74, 6) is -2.09. The summed E-state index contributed by atoms with van der Waals surface area (Å²) >= 11 is 6.01. The first-order valence-corrected chi connectivity index (χ1v) is 12.0. The number of aromatic nitrogens is 2. The third kappa shape index (κ3) is 6.92. The van der Waals surface area contributed by atoms with Crippen molar-refractivity contribution in [1.82, 2.24) is 15.1 Å². The minimum Gasteiger partial charge on any atom is -0.445 e. The predicted molar refractivity (Wildman–Crippen MR) is 134 cm³/mol. The SMILES string of the molecule is C[C@H](NC(=O)C(C)(C)OC(=O)c1cc(C(F)(F)F)n(C)n1)[C@@H](Cc1ccc(Cl)cc1)c1cccc(C#N)c1. The van der Waals surface area contributed by atoms with Crippen molar-refractivity contribution in [2.24, 2.45) is 7.05 Å². The number of esters is 1. The van der Waals surface area contributed by atoms with E-state index in [2.05, 4.69) is 16.5 Å². The Kier molecular flexibility index (Phi) is 8.52. The van der Waals surface area contributed by atoms with Crippen LogP contribution in [0.2, 0.25) is 5.02 Å². The number of rotatable bonds is 8. The summed E-state index contributed by atoms with van der Waals surface area (Å²) in [4.78, 5) is 25.7. The first-order chi connectivity index (χ1) is 17.7. The Labute approximate surface area is 223 Å². The van der Waals surface area contributed by atoms with E-state index >= 15 is 0 Å². The van der Waals surface area contributed by atoms with Gasteiger partial charge in [0.25, 0.3) is 5.91 Å². The number of carbonyl (C=O) groups excluding carboxylic acids is 2. The largest absolute Gasteiger partial charge is 0.445 e. The molecule has 1 heterocycles. The molecule has 1 aromatic heterocycles. The van der Waals surface area contributed by atoms with Gasteiger partial charge in [-0.3, -0.25) is 9.48 Å². The highest BCUT2D eigenvalue weighted by molar-refractivity contribution is 6.30. The van der Waals surface area contributed by atoms with Crippen LogP contribution in [0, 0.1) is 11.3 Å². The minimum absolute atomic E-state index is 0.273. The molecule has 0 bridgehead atoms. The van der Waals surface area contributed by atoms with Gasteiger partial charge in [0.1, 0.15) is 5.69 Å². The van der Waals surface area contributed by atoms with Crippen LogP contribution in [0.15, 0.2) is 54.6 Å². The average molecular weight is 547 g/mol. The molecule has 0 radical (unpaired) electrons. The minimum atomic E-state index is -4.70. The second-order valence-corrected chi connectivity index (χ2v) is 9.81. The molecule has 0 spiro atoms. The molecule has 200 valence electrons. The summed E-state index contributed by atoms with van der Waals surface area (Å²) in [5.41, 5.74) is -1.18. The molecule has 3 aromatic rings. The summed E-state index contributed by atoms with van der Waals surface area (Å²) < 4.78 is 45.0. The number of carbonyl (C=O) groups is 2. The second kappa shape index (κ2) is 11.3. The van der Waals surface area contributed by atoms with Gasteiger partial charge in [-0.05, 0) is 62.6 Å². The molecule has 0 saturated heterocycles. The van der Waals surface area contributed by atoms with Crippen LogP contribution >= 0.6 is 11.6 Å². The fourth-order valence-corrected chi connectivity index (χ4v) is 4.07. The number of benzene rings is 2. The zero-order valence-electron chi connectivity index (χ0n) is 21.1. The fourth-order valence-electron chi connectivity index (χ4n) is 3.94. The molecule has 1 amide bonds. The Morgan fingerprint density at radius 2 is 1.82 bits per heavy atom. The van der Waals surface area contributed by atoms with Crippen molar-refractivity contribution in [3.05, 3.63) is 87.7 Å². The maximum Gasteiger partial charge on any atom is 0.433 e. The van der Waals surface area contributed by atoms with E-state index < -0.39 is 41.1 Å². The number of halogens is 4. The van der Waals surface area contributed by atoms with E-state index in [0.29, 0.717) is 27.8 Å². The molecule has 1 N–H and O–H groups in total. The van der Waals surface area contributed by atoms with Crippen LogP contribution in [-0.2, 0) is 29.2 Å². The number of ether oxygens (including phenoxy) is 1. The lowest BCUT2D eigenvalue weighted by molar-refractivity contribution is -0.143. The zero-order chi connectivity index (χ0) is 28.3. The van der Waals surface area contributed by atoms with E-state index in [-0.39, 0.29) is 5.92 Å². The molecule has 2 atom stereocenters. The van der Waals surface area contributed by atoms with E-state index in [1.54, 1.807) is 37.3 Å². The van der Waals surface area contributed by atoms with Gasteiger partial charge in [-0.25, -0.2) is 4.79 Å². The van der Waals surface area contributed by atoms with E-state index in [0.717, 1.165) is 18.2 Å². The number of nitrogens with zero attached hydrogens (tertiary/aromatic N) is 3. The molecule has 11 heteroatoms. The molecule has 0 aliphatic heterocycles. The van der Waals surface area contributed by atoms with Gasteiger partial charge in [0.15, 0.2) is 11.3 Å². The normalized spacial score (nSPS) is 13.3. The van der Waals surface area contributed by atoms with Gasteiger partial charge in [-0.15, -0.1) is 0 Å². The molecule has 0 aliphatic rings. The number of hydrogen-bond donors (Lipinski definition) is 1. The predicted octanol–water partition coefficient (Wildman–Crippen LogP) is 5.43. The van der Waals surface area contributed by atoms with Crippen molar-refractivity contribution >= 4 is 23.5 Å². The van der Waals surface area contributed by atoms with Crippen LogP contribution in [0.25, 0.3) is 0 Å². The third-order valence-corrected chi connectivity index (χ3v) is 6.30. The first kappa shape index (κ1) is 28.7. The Hall–Kier alpha value is -3.84. The number of alkyl halides is 3. The van der Waals surface area contributed by atoms with Crippen molar-refractivity contribution in [2.75, 3.05) is 0 Å². The van der Waals surface area contributed by atoms with Crippen LogP contribution in [0.3, 0.4) is 0 Å². The Balaban J connectivity index is 1.79. The van der Waals surface area contributed by atoms with Crippen molar-refractivity contribution in [3.63, 3.8) is 0 Å². The number of nitrogens with one attached hydrogen (secondary N) is 1. The summed E-state index contributed by atoms with van der Waals surface area (Å²) in [5, 5.41) is 16.4. The zero-order valence-corrected chi connectivity index (χ0v) is 21.9. The lowest BCUT2D eigenvalue weighted by Gasteiger charge is -2.30. The van der Waals surface area contributed by atoms with Crippen molar-refractivity contribution in [1.29, 1.82) is 5.26 Å². The number of hydrogen-bond acceptors (Lipinski definition) is 5. The van der Waals surface area contributed by atoms with Crippen molar-refractivity contribution in [3.8, 4) is 6.07 Å². The maximum atomic E-state index is 13.2. The van der Waals surface area contributed by atoms with Gasteiger partial charge in [-0.1, -0.05) is 35.9 Å². The molecule has 7 nitrogen and oxygen atoms in total. The standard InChI is InChI=1S/C27H26ClF3N4O3/c1-16(21(13-17-8-10-20(28)11-9-17)19-7-5-6-18(12-19)15-32)33-25(37)26(2,3)38-24(36)22-14-23(27(29,30)31)35(4)34-22/h5-12,14,16,21H,13H2,1-4H3,(H,33,37)/t16-,21+/m0/s1. The van der Waals surface area contributed by atoms with Gasteiger partial charge in [0.05, 0.1) is 11.6 Å². The lowest BCUT2D eigenvalue weighted by Crippen LogP contribution is -2.50. The maximum absolute atomic E-state index is 13.2. The number of aryl methyl sites for hydroxylation is 1. The van der Waals surface area contributed by atoms with E-state index in [1.807, 2.05) is 18.2 Å². The quantitative estimate of drug-likeness (QED) is 0.380. The highest BCUT2D eigenvalue weighted by Crippen LogP contribution is 2.30.